The molecule has 0 aromatic rings. The van der Waals surface area contributed by atoms with E-state index in [-0.39, 0.29) is 0 Å². The lowest BCUT2D eigenvalue weighted by Gasteiger charge is -2.32. The van der Waals surface area contributed by atoms with Gasteiger partial charge in [0.1, 0.15) is 0 Å². The van der Waals surface area contributed by atoms with Crippen LogP contribution in [0.2, 0.25) is 0 Å². The lowest BCUT2D eigenvalue weighted by atomic mass is 10.1. The highest BCUT2D eigenvalue weighted by atomic mass is 15.2. The lowest BCUT2D eigenvalue weighted by Crippen LogP contribution is -2.48. The largest absolute Gasteiger partial charge is 0.313 e. The fourth-order valence-electron chi connectivity index (χ4n) is 3.28. The molecule has 94 valence electrons. The summed E-state index contributed by atoms with van der Waals surface area (Å²) in [7, 11) is 2.25. The van der Waals surface area contributed by atoms with Gasteiger partial charge in [-0.3, -0.25) is 4.90 Å². The van der Waals surface area contributed by atoms with Crippen molar-refractivity contribution in [1.82, 2.24) is 15.1 Å². The molecule has 2 rings (SSSR count). The zero-order chi connectivity index (χ0) is 11.4. The molecule has 0 amide bonds. The summed E-state index contributed by atoms with van der Waals surface area (Å²) in [5.74, 6) is 0. The molecule has 0 spiro atoms. The van der Waals surface area contributed by atoms with Crippen molar-refractivity contribution >= 4 is 0 Å². The average Bonchev–Trinajstić information content (AvgIpc) is 2.61. The summed E-state index contributed by atoms with van der Waals surface area (Å²) >= 11 is 0. The maximum absolute atomic E-state index is 3.67. The first-order valence-electron chi connectivity index (χ1n) is 6.97. The van der Waals surface area contributed by atoms with Gasteiger partial charge in [-0.1, -0.05) is 13.3 Å². The van der Waals surface area contributed by atoms with E-state index in [0.717, 1.165) is 18.6 Å². The minimum absolute atomic E-state index is 0.758. The van der Waals surface area contributed by atoms with Crippen LogP contribution in [-0.2, 0) is 0 Å². The molecule has 1 aliphatic heterocycles. The Morgan fingerprint density at radius 2 is 1.94 bits per heavy atom. The average molecular weight is 225 g/mol. The quantitative estimate of drug-likeness (QED) is 0.777. The summed E-state index contributed by atoms with van der Waals surface area (Å²) in [6.45, 7) is 8.44. The second-order valence-electron chi connectivity index (χ2n) is 5.36. The Labute approximate surface area is 100 Å². The predicted octanol–water partition coefficient (Wildman–Crippen LogP) is 1.15. The first-order chi connectivity index (χ1) is 7.81. The van der Waals surface area contributed by atoms with Gasteiger partial charge in [-0.25, -0.2) is 0 Å². The van der Waals surface area contributed by atoms with Crippen LogP contribution in [0, 0.1) is 0 Å². The smallest absolute Gasteiger partial charge is 0.0249 e. The van der Waals surface area contributed by atoms with Crippen LogP contribution < -0.4 is 5.32 Å². The number of nitrogens with zero attached hydrogens (tertiary/aromatic N) is 2. The summed E-state index contributed by atoms with van der Waals surface area (Å²) in [6.07, 6.45) is 5.53. The van der Waals surface area contributed by atoms with Crippen molar-refractivity contribution in [2.75, 3.05) is 39.8 Å². The van der Waals surface area contributed by atoms with E-state index in [0.29, 0.717) is 0 Å². The van der Waals surface area contributed by atoms with E-state index in [9.17, 15) is 0 Å². The monoisotopic (exact) mass is 225 g/mol. The van der Waals surface area contributed by atoms with Crippen LogP contribution >= 0.6 is 0 Å². The van der Waals surface area contributed by atoms with Gasteiger partial charge in [0.15, 0.2) is 0 Å². The molecule has 2 atom stereocenters. The summed E-state index contributed by atoms with van der Waals surface area (Å²) in [4.78, 5) is 5.21. The summed E-state index contributed by atoms with van der Waals surface area (Å²) in [6, 6.07) is 1.57. The van der Waals surface area contributed by atoms with Gasteiger partial charge in [0, 0.05) is 25.2 Å². The molecule has 0 bridgehead atoms. The maximum atomic E-state index is 3.67. The minimum atomic E-state index is 0.758. The zero-order valence-corrected chi connectivity index (χ0v) is 10.9. The van der Waals surface area contributed by atoms with Crippen LogP contribution in [0.15, 0.2) is 0 Å². The molecule has 1 saturated carbocycles. The fourth-order valence-corrected chi connectivity index (χ4v) is 3.28. The van der Waals surface area contributed by atoms with Gasteiger partial charge >= 0.3 is 0 Å². The van der Waals surface area contributed by atoms with Crippen molar-refractivity contribution in [2.24, 2.45) is 0 Å². The Balaban J connectivity index is 1.89. The fraction of sp³-hybridized carbons (Fsp3) is 1.00. The molecule has 1 N–H and O–H groups in total. The number of nitrogens with one attached hydrogen (secondary N) is 1. The number of hydrogen-bond donors (Lipinski definition) is 1. The Kier molecular flexibility index (Phi) is 4.62. The second kappa shape index (κ2) is 5.99. The first-order valence-corrected chi connectivity index (χ1v) is 6.97. The molecule has 1 aliphatic carbocycles. The lowest BCUT2D eigenvalue weighted by molar-refractivity contribution is 0.178. The van der Waals surface area contributed by atoms with Crippen molar-refractivity contribution in [3.05, 3.63) is 0 Å². The molecule has 3 heteroatoms. The predicted molar refractivity (Wildman–Crippen MR) is 68.8 cm³/mol. The molecule has 1 saturated heterocycles. The molecule has 3 nitrogen and oxygen atoms in total. The van der Waals surface area contributed by atoms with Crippen LogP contribution in [0.25, 0.3) is 0 Å². The maximum Gasteiger partial charge on any atom is 0.0249 e. The molecule has 2 aliphatic rings. The van der Waals surface area contributed by atoms with Crippen LogP contribution in [0.1, 0.15) is 32.6 Å². The third-order valence-electron chi connectivity index (χ3n) is 4.17. The molecule has 0 radical (unpaired) electrons. The second-order valence-corrected chi connectivity index (χ2v) is 5.36. The Bertz CT molecular complexity index is 207. The van der Waals surface area contributed by atoms with E-state index >= 15 is 0 Å². The van der Waals surface area contributed by atoms with Crippen LogP contribution in [-0.4, -0.2) is 61.7 Å². The van der Waals surface area contributed by atoms with Crippen molar-refractivity contribution in [1.29, 1.82) is 0 Å². The topological polar surface area (TPSA) is 18.5 Å². The highest BCUT2D eigenvalue weighted by Crippen LogP contribution is 2.25. The molecule has 0 aromatic heterocycles. The van der Waals surface area contributed by atoms with E-state index in [4.69, 9.17) is 0 Å². The molecule has 2 fully saturated rings. The number of rotatable bonds is 3. The summed E-state index contributed by atoms with van der Waals surface area (Å²) < 4.78 is 0. The van der Waals surface area contributed by atoms with Gasteiger partial charge in [0.2, 0.25) is 0 Å². The number of likely N-dealkylation sites (N-methyl/N-ethyl adjacent to an activating group) is 2. The minimum Gasteiger partial charge on any atom is -0.313 e. The summed E-state index contributed by atoms with van der Waals surface area (Å²) in [5, 5.41) is 3.67. The van der Waals surface area contributed by atoms with Crippen molar-refractivity contribution in [3.8, 4) is 0 Å². The van der Waals surface area contributed by atoms with E-state index in [2.05, 4.69) is 29.1 Å². The van der Waals surface area contributed by atoms with Gasteiger partial charge in [-0.2, -0.15) is 0 Å². The van der Waals surface area contributed by atoms with Crippen molar-refractivity contribution < 1.29 is 0 Å². The molecule has 0 aromatic carbocycles. The third kappa shape index (κ3) is 2.96. The molecule has 2 unspecified atom stereocenters. The first kappa shape index (κ1) is 12.3. The van der Waals surface area contributed by atoms with Crippen LogP contribution in [0.4, 0.5) is 0 Å². The molecular formula is C13H27N3. The highest BCUT2D eigenvalue weighted by molar-refractivity contribution is 4.91. The standard InChI is InChI=1S/C13H27N3/c1-3-14-12-6-4-7-13(12)16-9-5-8-15(2)10-11-16/h12-14H,3-11H2,1-2H3. The van der Waals surface area contributed by atoms with Gasteiger partial charge in [-0.15, -0.1) is 0 Å². The van der Waals surface area contributed by atoms with Gasteiger partial charge in [0.25, 0.3) is 0 Å². The van der Waals surface area contributed by atoms with Gasteiger partial charge in [0.05, 0.1) is 0 Å². The van der Waals surface area contributed by atoms with E-state index in [1.807, 2.05) is 0 Å². The van der Waals surface area contributed by atoms with E-state index < -0.39 is 0 Å². The zero-order valence-electron chi connectivity index (χ0n) is 10.9. The normalized spacial score (nSPS) is 34.1. The Hall–Kier alpha value is -0.120. The van der Waals surface area contributed by atoms with Crippen molar-refractivity contribution in [2.45, 2.75) is 44.7 Å². The van der Waals surface area contributed by atoms with Crippen molar-refractivity contribution in [3.63, 3.8) is 0 Å². The Morgan fingerprint density at radius 1 is 1.06 bits per heavy atom. The molecule has 16 heavy (non-hydrogen) atoms. The van der Waals surface area contributed by atoms with Crippen LogP contribution in [0.5, 0.6) is 0 Å². The van der Waals surface area contributed by atoms with E-state index in [1.165, 1.54) is 51.9 Å². The molecular weight excluding hydrogens is 198 g/mol. The van der Waals surface area contributed by atoms with Crippen LogP contribution in [0.3, 0.4) is 0 Å². The third-order valence-corrected chi connectivity index (χ3v) is 4.17. The van der Waals surface area contributed by atoms with Gasteiger partial charge in [-0.05, 0) is 45.9 Å². The Morgan fingerprint density at radius 3 is 2.75 bits per heavy atom. The summed E-state index contributed by atoms with van der Waals surface area (Å²) in [5.41, 5.74) is 0. The molecule has 1 heterocycles. The SMILES string of the molecule is CCNC1CCCC1N1CCCN(C)CC1. The highest BCUT2D eigenvalue weighted by Gasteiger charge is 2.31. The van der Waals surface area contributed by atoms with E-state index in [1.54, 1.807) is 0 Å². The van der Waals surface area contributed by atoms with Gasteiger partial charge < -0.3 is 10.2 Å². The number of hydrogen-bond acceptors (Lipinski definition) is 3.